The molecular weight excluding hydrogens is 407 g/mol. The van der Waals surface area contributed by atoms with Gasteiger partial charge >= 0.3 is 6.36 Å². The van der Waals surface area contributed by atoms with Crippen molar-refractivity contribution < 1.29 is 17.9 Å². The first-order valence-corrected chi connectivity index (χ1v) is 10.3. The van der Waals surface area contributed by atoms with E-state index in [1.807, 2.05) is 6.07 Å². The molecule has 0 saturated carbocycles. The molecule has 1 aliphatic rings. The van der Waals surface area contributed by atoms with Crippen molar-refractivity contribution in [2.24, 2.45) is 10.7 Å². The number of nitrogens with two attached hydrogens (primary N) is 1. The standard InChI is InChI=1S/C22H28F3N5O/c23-22(24,25)31-20-10-8-18(9-11-20)28-21(26)27-12-4-5-13-29-14-16-30(17-15-29)19-6-2-1-3-7-19/h1-3,6-11H,4-5,12-17H2,(H3,26,27,28). The summed E-state index contributed by atoms with van der Waals surface area (Å²) in [6.07, 6.45) is -2.75. The van der Waals surface area contributed by atoms with E-state index in [2.05, 4.69) is 49.1 Å². The van der Waals surface area contributed by atoms with Crippen LogP contribution in [0.15, 0.2) is 59.6 Å². The van der Waals surface area contributed by atoms with Gasteiger partial charge in [0.15, 0.2) is 5.96 Å². The third kappa shape index (κ3) is 8.01. The summed E-state index contributed by atoms with van der Waals surface area (Å²) in [5, 5.41) is 2.87. The van der Waals surface area contributed by atoms with E-state index in [1.54, 1.807) is 0 Å². The van der Waals surface area contributed by atoms with Crippen LogP contribution in [0.4, 0.5) is 24.5 Å². The van der Waals surface area contributed by atoms with Crippen LogP contribution in [0.25, 0.3) is 0 Å². The Morgan fingerprint density at radius 2 is 1.65 bits per heavy atom. The molecule has 0 spiro atoms. The lowest BCUT2D eigenvalue weighted by Crippen LogP contribution is -2.46. The van der Waals surface area contributed by atoms with Crippen molar-refractivity contribution in [3.63, 3.8) is 0 Å². The number of aliphatic imine (C=N–C) groups is 1. The summed E-state index contributed by atoms with van der Waals surface area (Å²) in [6.45, 7) is 5.80. The lowest BCUT2D eigenvalue weighted by atomic mass is 10.2. The van der Waals surface area contributed by atoms with Gasteiger partial charge < -0.3 is 20.7 Å². The number of benzene rings is 2. The van der Waals surface area contributed by atoms with Crippen molar-refractivity contribution >= 4 is 17.3 Å². The fourth-order valence-electron chi connectivity index (χ4n) is 3.44. The van der Waals surface area contributed by atoms with Gasteiger partial charge in [-0.3, -0.25) is 9.89 Å². The molecule has 2 aromatic carbocycles. The summed E-state index contributed by atoms with van der Waals surface area (Å²) in [5.41, 5.74) is 7.68. The molecule has 1 heterocycles. The maximum absolute atomic E-state index is 12.2. The summed E-state index contributed by atoms with van der Waals surface area (Å²) >= 11 is 0. The molecule has 0 aromatic heterocycles. The highest BCUT2D eigenvalue weighted by Crippen LogP contribution is 2.23. The normalized spacial score (nSPS) is 15.7. The lowest BCUT2D eigenvalue weighted by Gasteiger charge is -2.36. The number of alkyl halides is 3. The lowest BCUT2D eigenvalue weighted by molar-refractivity contribution is -0.274. The molecule has 0 amide bonds. The average molecular weight is 435 g/mol. The van der Waals surface area contributed by atoms with Crippen molar-refractivity contribution in [1.29, 1.82) is 0 Å². The molecule has 0 atom stereocenters. The first kappa shape index (κ1) is 22.7. The largest absolute Gasteiger partial charge is 0.573 e. The highest BCUT2D eigenvalue weighted by Gasteiger charge is 2.30. The molecule has 1 fully saturated rings. The van der Waals surface area contributed by atoms with Crippen LogP contribution in [0.5, 0.6) is 5.75 Å². The van der Waals surface area contributed by atoms with Crippen LogP contribution in [0.3, 0.4) is 0 Å². The Kier molecular flexibility index (Phi) is 8.00. The Balaban J connectivity index is 1.30. The predicted octanol–water partition coefficient (Wildman–Crippen LogP) is 3.91. The van der Waals surface area contributed by atoms with E-state index in [9.17, 15) is 13.2 Å². The molecule has 168 valence electrons. The Bertz CT molecular complexity index is 819. The first-order valence-electron chi connectivity index (χ1n) is 10.3. The van der Waals surface area contributed by atoms with Crippen LogP contribution in [-0.2, 0) is 0 Å². The number of nitrogens with zero attached hydrogens (tertiary/aromatic N) is 3. The minimum Gasteiger partial charge on any atom is -0.406 e. The summed E-state index contributed by atoms with van der Waals surface area (Å²) < 4.78 is 40.4. The summed E-state index contributed by atoms with van der Waals surface area (Å²) in [4.78, 5) is 9.16. The van der Waals surface area contributed by atoms with E-state index in [1.165, 1.54) is 30.0 Å². The molecule has 0 aliphatic carbocycles. The second-order valence-electron chi connectivity index (χ2n) is 7.34. The number of piperazine rings is 1. The molecular formula is C22H28F3N5O. The van der Waals surface area contributed by atoms with E-state index in [-0.39, 0.29) is 11.7 Å². The zero-order valence-corrected chi connectivity index (χ0v) is 17.3. The topological polar surface area (TPSA) is 66.1 Å². The van der Waals surface area contributed by atoms with E-state index in [4.69, 9.17) is 5.73 Å². The van der Waals surface area contributed by atoms with Gasteiger partial charge in [0, 0.05) is 44.1 Å². The van der Waals surface area contributed by atoms with Crippen molar-refractivity contribution in [3.8, 4) is 5.75 Å². The highest BCUT2D eigenvalue weighted by molar-refractivity contribution is 5.92. The fraction of sp³-hybridized carbons (Fsp3) is 0.409. The van der Waals surface area contributed by atoms with Gasteiger partial charge in [-0.1, -0.05) is 18.2 Å². The van der Waals surface area contributed by atoms with Crippen LogP contribution in [0, 0.1) is 0 Å². The molecule has 9 heteroatoms. The number of hydrogen-bond acceptors (Lipinski definition) is 4. The van der Waals surface area contributed by atoms with Crippen molar-refractivity contribution in [2.45, 2.75) is 19.2 Å². The van der Waals surface area contributed by atoms with Crippen LogP contribution in [0.2, 0.25) is 0 Å². The number of rotatable bonds is 8. The molecule has 6 nitrogen and oxygen atoms in total. The van der Waals surface area contributed by atoms with E-state index < -0.39 is 6.36 Å². The monoisotopic (exact) mass is 435 g/mol. The fourth-order valence-corrected chi connectivity index (χ4v) is 3.44. The third-order valence-electron chi connectivity index (χ3n) is 5.02. The van der Waals surface area contributed by atoms with Crippen LogP contribution in [-0.4, -0.2) is 56.5 Å². The molecule has 31 heavy (non-hydrogen) atoms. The average Bonchev–Trinajstić information content (AvgIpc) is 2.75. The van der Waals surface area contributed by atoms with E-state index in [0.717, 1.165) is 45.6 Å². The number of guanidine groups is 1. The van der Waals surface area contributed by atoms with Crippen LogP contribution < -0.4 is 20.7 Å². The van der Waals surface area contributed by atoms with Gasteiger partial charge in [0.1, 0.15) is 5.75 Å². The van der Waals surface area contributed by atoms with Crippen LogP contribution in [0.1, 0.15) is 12.8 Å². The Morgan fingerprint density at radius 3 is 2.29 bits per heavy atom. The number of anilines is 2. The number of nitrogens with one attached hydrogen (secondary N) is 1. The second kappa shape index (κ2) is 10.9. The van der Waals surface area contributed by atoms with E-state index >= 15 is 0 Å². The second-order valence-corrected chi connectivity index (χ2v) is 7.34. The van der Waals surface area contributed by atoms with Gasteiger partial charge in [-0.15, -0.1) is 13.2 Å². The molecule has 1 saturated heterocycles. The third-order valence-corrected chi connectivity index (χ3v) is 5.02. The van der Waals surface area contributed by atoms with Crippen molar-refractivity contribution in [1.82, 2.24) is 4.90 Å². The van der Waals surface area contributed by atoms with Gasteiger partial charge in [-0.2, -0.15) is 0 Å². The molecule has 3 N–H and O–H groups in total. The number of ether oxygens (including phenoxy) is 1. The Hall–Kier alpha value is -2.94. The van der Waals surface area contributed by atoms with Gasteiger partial charge in [0.05, 0.1) is 0 Å². The molecule has 1 aliphatic heterocycles. The van der Waals surface area contributed by atoms with E-state index in [0.29, 0.717) is 12.2 Å². The summed E-state index contributed by atoms with van der Waals surface area (Å²) in [5.74, 6) is -0.0425. The van der Waals surface area contributed by atoms with Gasteiger partial charge in [0.2, 0.25) is 0 Å². The van der Waals surface area contributed by atoms with Gasteiger partial charge in [-0.25, -0.2) is 0 Å². The Labute approximate surface area is 180 Å². The number of halogens is 3. The quantitative estimate of drug-likeness (QED) is 0.374. The smallest absolute Gasteiger partial charge is 0.406 e. The molecule has 0 unspecified atom stereocenters. The number of unbranched alkanes of at least 4 members (excludes halogenated alkanes) is 1. The van der Waals surface area contributed by atoms with Crippen molar-refractivity contribution in [2.75, 3.05) is 49.5 Å². The number of para-hydroxylation sites is 1. The van der Waals surface area contributed by atoms with Gasteiger partial charge in [-0.05, 0) is 55.8 Å². The van der Waals surface area contributed by atoms with Crippen molar-refractivity contribution in [3.05, 3.63) is 54.6 Å². The molecule has 3 rings (SSSR count). The van der Waals surface area contributed by atoms with Crippen LogP contribution >= 0.6 is 0 Å². The first-order chi connectivity index (χ1) is 14.9. The molecule has 0 radical (unpaired) electrons. The zero-order valence-electron chi connectivity index (χ0n) is 17.3. The highest BCUT2D eigenvalue weighted by atomic mass is 19.4. The molecule has 2 aromatic rings. The van der Waals surface area contributed by atoms with Gasteiger partial charge in [0.25, 0.3) is 0 Å². The minimum atomic E-state index is -4.70. The maximum atomic E-state index is 12.2. The summed E-state index contributed by atoms with van der Waals surface area (Å²) in [6, 6.07) is 15.8. The predicted molar refractivity (Wildman–Crippen MR) is 118 cm³/mol. The minimum absolute atomic E-state index is 0.237. The zero-order chi connectivity index (χ0) is 22.1. The number of hydrogen-bond donors (Lipinski definition) is 2. The maximum Gasteiger partial charge on any atom is 0.573 e. The molecule has 0 bridgehead atoms. The SMILES string of the molecule is NC(=NCCCCN1CCN(c2ccccc2)CC1)Nc1ccc(OC(F)(F)F)cc1. The summed E-state index contributed by atoms with van der Waals surface area (Å²) in [7, 11) is 0. The Morgan fingerprint density at radius 1 is 0.968 bits per heavy atom.